The number of hydrogen-bond donors (Lipinski definition) is 3. The van der Waals surface area contributed by atoms with Crippen LogP contribution in [0.25, 0.3) is 0 Å². The van der Waals surface area contributed by atoms with Gasteiger partial charge in [-0.25, -0.2) is 0 Å². The number of carboxylic acid groups (broad SMARTS) is 2. The van der Waals surface area contributed by atoms with Gasteiger partial charge in [-0.3, -0.25) is 14.4 Å². The Balaban J connectivity index is 1.83. The van der Waals surface area contributed by atoms with Crippen LogP contribution in [0.3, 0.4) is 0 Å². The minimum Gasteiger partial charge on any atom is -0.481 e. The lowest BCUT2D eigenvalue weighted by molar-refractivity contribution is -0.149. The molecule has 21 heavy (non-hydrogen) atoms. The van der Waals surface area contributed by atoms with E-state index in [0.29, 0.717) is 18.4 Å². The fourth-order valence-corrected chi connectivity index (χ4v) is 2.97. The summed E-state index contributed by atoms with van der Waals surface area (Å²) in [6.45, 7) is 0. The molecule has 3 rings (SSSR count). The molecule has 2 unspecified atom stereocenters. The number of carbonyl (C=O) groups excluding carboxylic acids is 1. The zero-order valence-corrected chi connectivity index (χ0v) is 11.2. The van der Waals surface area contributed by atoms with E-state index < -0.39 is 35.2 Å². The highest BCUT2D eigenvalue weighted by Gasteiger charge is 2.57. The summed E-state index contributed by atoms with van der Waals surface area (Å²) in [6.07, 6.45) is 0.936. The Hall–Kier alpha value is -2.37. The van der Waals surface area contributed by atoms with Gasteiger partial charge in [-0.1, -0.05) is 24.3 Å². The summed E-state index contributed by atoms with van der Waals surface area (Å²) >= 11 is 0. The van der Waals surface area contributed by atoms with E-state index in [0.717, 1.165) is 5.56 Å². The number of fused-ring (bicyclic) bond motifs is 1. The molecule has 1 aromatic rings. The van der Waals surface area contributed by atoms with Crippen molar-refractivity contribution in [3.63, 3.8) is 0 Å². The van der Waals surface area contributed by atoms with E-state index in [1.165, 1.54) is 0 Å². The lowest BCUT2D eigenvalue weighted by atomic mass is 10.0. The van der Waals surface area contributed by atoms with Crippen LogP contribution >= 0.6 is 0 Å². The molecule has 0 aromatic heterocycles. The Labute approximate surface area is 120 Å². The highest BCUT2D eigenvalue weighted by molar-refractivity contribution is 6.05. The second kappa shape index (κ2) is 4.58. The smallest absolute Gasteiger partial charge is 0.319 e. The number of amides is 1. The van der Waals surface area contributed by atoms with Gasteiger partial charge in [0.25, 0.3) is 0 Å². The molecule has 6 nitrogen and oxygen atoms in total. The molecule has 0 radical (unpaired) electrons. The number of carboxylic acids is 2. The molecular formula is C15H15NO5. The average Bonchev–Trinajstić information content (AvgIpc) is 3.18. The molecule has 1 saturated carbocycles. The lowest BCUT2D eigenvalue weighted by Crippen LogP contribution is -2.38. The summed E-state index contributed by atoms with van der Waals surface area (Å²) in [5.41, 5.74) is 0.144. The van der Waals surface area contributed by atoms with Crippen LogP contribution in [0.1, 0.15) is 42.3 Å². The first-order valence-electron chi connectivity index (χ1n) is 6.82. The molecule has 2 aliphatic carbocycles. The van der Waals surface area contributed by atoms with E-state index in [4.69, 9.17) is 5.11 Å². The van der Waals surface area contributed by atoms with Gasteiger partial charge in [-0.05, 0) is 30.4 Å². The second-order valence-corrected chi connectivity index (χ2v) is 5.67. The third-order valence-electron chi connectivity index (χ3n) is 4.42. The standard InChI is InChI=1S/C15H15NO5/c17-12(18)10-7-11(9-4-2-1-3-8(9)10)16-13(19)15(5-6-15)14(20)21/h1-4,10-11H,5-7H2,(H,16,19)(H,17,18)(H,20,21). The molecule has 2 aliphatic rings. The quantitative estimate of drug-likeness (QED) is 0.724. The van der Waals surface area contributed by atoms with E-state index in [2.05, 4.69) is 5.32 Å². The molecule has 110 valence electrons. The molecule has 0 aliphatic heterocycles. The van der Waals surface area contributed by atoms with E-state index in [1.54, 1.807) is 24.3 Å². The molecule has 2 atom stereocenters. The Morgan fingerprint density at radius 3 is 2.24 bits per heavy atom. The normalized spacial score (nSPS) is 25.0. The number of nitrogens with one attached hydrogen (secondary N) is 1. The minimum atomic E-state index is -1.31. The van der Waals surface area contributed by atoms with Crippen LogP contribution in [0.15, 0.2) is 24.3 Å². The Morgan fingerprint density at radius 2 is 1.71 bits per heavy atom. The fourth-order valence-electron chi connectivity index (χ4n) is 2.97. The van der Waals surface area contributed by atoms with E-state index in [-0.39, 0.29) is 6.42 Å². The maximum atomic E-state index is 12.2. The molecule has 1 fully saturated rings. The van der Waals surface area contributed by atoms with Gasteiger partial charge < -0.3 is 15.5 Å². The van der Waals surface area contributed by atoms with Crippen LogP contribution in [0, 0.1) is 5.41 Å². The summed E-state index contributed by atoms with van der Waals surface area (Å²) in [5.74, 6) is -3.22. The lowest BCUT2D eigenvalue weighted by Gasteiger charge is -2.17. The Kier molecular flexibility index (Phi) is 2.97. The molecule has 1 aromatic carbocycles. The van der Waals surface area contributed by atoms with Crippen molar-refractivity contribution in [2.45, 2.75) is 31.2 Å². The molecule has 0 saturated heterocycles. The zero-order valence-electron chi connectivity index (χ0n) is 11.2. The fraction of sp³-hybridized carbons (Fsp3) is 0.400. The maximum Gasteiger partial charge on any atom is 0.319 e. The number of benzene rings is 1. The molecule has 1 amide bonds. The average molecular weight is 289 g/mol. The van der Waals surface area contributed by atoms with Gasteiger partial charge in [0.05, 0.1) is 12.0 Å². The van der Waals surface area contributed by atoms with E-state index in [9.17, 15) is 19.5 Å². The molecular weight excluding hydrogens is 274 g/mol. The van der Waals surface area contributed by atoms with Crippen LogP contribution in [0.2, 0.25) is 0 Å². The Bertz CT molecular complexity index is 635. The third kappa shape index (κ3) is 2.07. The van der Waals surface area contributed by atoms with Gasteiger partial charge in [0.1, 0.15) is 5.41 Å². The topological polar surface area (TPSA) is 104 Å². The molecule has 3 N–H and O–H groups in total. The Morgan fingerprint density at radius 1 is 1.10 bits per heavy atom. The van der Waals surface area contributed by atoms with Crippen LogP contribution in [0.5, 0.6) is 0 Å². The third-order valence-corrected chi connectivity index (χ3v) is 4.42. The van der Waals surface area contributed by atoms with Gasteiger partial charge in [0.2, 0.25) is 5.91 Å². The van der Waals surface area contributed by atoms with Crippen molar-refractivity contribution in [1.82, 2.24) is 5.32 Å². The first-order chi connectivity index (χ1) is 9.95. The summed E-state index contributed by atoms with van der Waals surface area (Å²) in [4.78, 5) is 34.6. The monoisotopic (exact) mass is 289 g/mol. The minimum absolute atomic E-state index is 0.260. The predicted octanol–water partition coefficient (Wildman–Crippen LogP) is 1.28. The van der Waals surface area contributed by atoms with E-state index in [1.807, 2.05) is 0 Å². The number of carbonyl (C=O) groups is 3. The summed E-state index contributed by atoms with van der Waals surface area (Å²) in [7, 11) is 0. The number of hydrogen-bond acceptors (Lipinski definition) is 3. The van der Waals surface area contributed by atoms with Crippen molar-refractivity contribution >= 4 is 17.8 Å². The summed E-state index contributed by atoms with van der Waals surface area (Å²) in [5, 5.41) is 21.1. The van der Waals surface area contributed by atoms with Gasteiger partial charge in [0, 0.05) is 0 Å². The van der Waals surface area contributed by atoms with Crippen molar-refractivity contribution in [1.29, 1.82) is 0 Å². The predicted molar refractivity (Wildman–Crippen MR) is 71.6 cm³/mol. The first kappa shape index (κ1) is 13.6. The van der Waals surface area contributed by atoms with Crippen molar-refractivity contribution in [2.24, 2.45) is 5.41 Å². The van der Waals surface area contributed by atoms with Crippen LogP contribution in [-0.2, 0) is 14.4 Å². The van der Waals surface area contributed by atoms with Crippen LogP contribution < -0.4 is 5.32 Å². The number of rotatable bonds is 4. The highest BCUT2D eigenvalue weighted by Crippen LogP contribution is 2.48. The second-order valence-electron chi connectivity index (χ2n) is 5.67. The van der Waals surface area contributed by atoms with Gasteiger partial charge >= 0.3 is 11.9 Å². The van der Waals surface area contributed by atoms with Crippen molar-refractivity contribution < 1.29 is 24.6 Å². The van der Waals surface area contributed by atoms with Crippen molar-refractivity contribution in [3.05, 3.63) is 35.4 Å². The molecule has 0 bridgehead atoms. The van der Waals surface area contributed by atoms with Crippen LogP contribution in [0.4, 0.5) is 0 Å². The molecule has 6 heteroatoms. The van der Waals surface area contributed by atoms with Crippen molar-refractivity contribution in [3.8, 4) is 0 Å². The first-order valence-corrected chi connectivity index (χ1v) is 6.82. The number of aliphatic carboxylic acids is 2. The highest BCUT2D eigenvalue weighted by atomic mass is 16.4. The summed E-state index contributed by atoms with van der Waals surface area (Å²) in [6, 6.07) is 6.63. The molecule has 0 heterocycles. The largest absolute Gasteiger partial charge is 0.481 e. The van der Waals surface area contributed by atoms with Gasteiger partial charge in [-0.15, -0.1) is 0 Å². The SMILES string of the molecule is O=C(O)C1CC(NC(=O)C2(C(=O)O)CC2)c2ccccc21. The zero-order chi connectivity index (χ0) is 15.2. The maximum absolute atomic E-state index is 12.2. The summed E-state index contributed by atoms with van der Waals surface area (Å²) < 4.78 is 0. The molecule has 0 spiro atoms. The van der Waals surface area contributed by atoms with E-state index >= 15 is 0 Å². The van der Waals surface area contributed by atoms with Crippen LogP contribution in [-0.4, -0.2) is 28.1 Å². The van der Waals surface area contributed by atoms with Crippen molar-refractivity contribution in [2.75, 3.05) is 0 Å². The van der Waals surface area contributed by atoms with Gasteiger partial charge in [-0.2, -0.15) is 0 Å². The van der Waals surface area contributed by atoms with Gasteiger partial charge in [0.15, 0.2) is 0 Å².